The van der Waals surface area contributed by atoms with Gasteiger partial charge in [-0.2, -0.15) is 0 Å². The lowest BCUT2D eigenvalue weighted by atomic mass is 9.88. The van der Waals surface area contributed by atoms with Gasteiger partial charge in [0.2, 0.25) is 0 Å². The minimum absolute atomic E-state index is 0.305. The maximum atomic E-state index is 13.0. The summed E-state index contributed by atoms with van der Waals surface area (Å²) in [5.74, 6) is -1.45. The second kappa shape index (κ2) is 9.39. The third-order valence-electron chi connectivity index (χ3n) is 4.55. The lowest BCUT2D eigenvalue weighted by Crippen LogP contribution is -2.22. The van der Waals surface area contributed by atoms with Crippen LogP contribution in [0.3, 0.4) is 0 Å². The molecule has 2 aromatic rings. The number of carboxylic acids is 1. The number of nitrogens with one attached hydrogen (secondary N) is 2. The highest BCUT2D eigenvalue weighted by Crippen LogP contribution is 2.40. The van der Waals surface area contributed by atoms with Crippen LogP contribution in [-0.2, 0) is 27.2 Å². The molecule has 0 saturated carbocycles. The van der Waals surface area contributed by atoms with E-state index in [4.69, 9.17) is 21.4 Å². The Morgan fingerprint density at radius 2 is 1.93 bits per heavy atom. The number of hydrogen-bond acceptors (Lipinski definition) is 5. The molecule has 1 atom stereocenters. The molecule has 1 aliphatic carbocycles. The largest absolute Gasteiger partial charge is 0.480 e. The third kappa shape index (κ3) is 5.56. The molecule has 0 spiro atoms. The van der Waals surface area contributed by atoms with Gasteiger partial charge < -0.3 is 20.5 Å². The van der Waals surface area contributed by atoms with Crippen LogP contribution < -0.4 is 10.6 Å². The molecule has 2 amide bonds. The topological polar surface area (TPSA) is 105 Å². The molecule has 154 valence electrons. The first-order valence-corrected chi connectivity index (χ1v) is 10.3. The van der Waals surface area contributed by atoms with Gasteiger partial charge in [0.1, 0.15) is 18.2 Å². The van der Waals surface area contributed by atoms with E-state index in [0.29, 0.717) is 27.2 Å². The van der Waals surface area contributed by atoms with Gasteiger partial charge in [0.15, 0.2) is 0 Å². The van der Waals surface area contributed by atoms with Crippen molar-refractivity contribution in [2.75, 3.05) is 23.8 Å². The third-order valence-corrected chi connectivity index (χ3v) is 5.97. The number of carboxylic acid groups (broad SMARTS) is 1. The summed E-state index contributed by atoms with van der Waals surface area (Å²) in [5, 5.41) is 15.2. The van der Waals surface area contributed by atoms with Gasteiger partial charge in [0.25, 0.3) is 11.8 Å². The van der Waals surface area contributed by atoms with E-state index >= 15 is 0 Å². The van der Waals surface area contributed by atoms with Crippen LogP contribution in [0.15, 0.2) is 24.3 Å². The van der Waals surface area contributed by atoms with E-state index in [-0.39, 0.29) is 5.91 Å². The van der Waals surface area contributed by atoms with E-state index in [2.05, 4.69) is 17.6 Å². The number of anilines is 2. The fourth-order valence-electron chi connectivity index (χ4n) is 3.20. The Bertz CT molecular complexity index is 926. The van der Waals surface area contributed by atoms with Crippen LogP contribution >= 0.6 is 22.9 Å². The van der Waals surface area contributed by atoms with Crippen LogP contribution in [0.1, 0.15) is 34.1 Å². The molecule has 29 heavy (non-hydrogen) atoms. The number of rotatable bonds is 7. The molecule has 3 N–H and O–H groups in total. The number of halogens is 1. The highest BCUT2D eigenvalue weighted by molar-refractivity contribution is 7.17. The Hall–Kier alpha value is -2.42. The van der Waals surface area contributed by atoms with Gasteiger partial charge in [-0.3, -0.25) is 9.59 Å². The van der Waals surface area contributed by atoms with Crippen molar-refractivity contribution >= 4 is 51.4 Å². The lowest BCUT2D eigenvalue weighted by Gasteiger charge is -2.18. The van der Waals surface area contributed by atoms with E-state index < -0.39 is 25.1 Å². The maximum absolute atomic E-state index is 13.0. The van der Waals surface area contributed by atoms with Crippen molar-refractivity contribution in [3.05, 3.63) is 45.3 Å². The van der Waals surface area contributed by atoms with Crippen molar-refractivity contribution in [3.63, 3.8) is 0 Å². The Morgan fingerprint density at radius 1 is 1.21 bits per heavy atom. The van der Waals surface area contributed by atoms with E-state index in [9.17, 15) is 14.4 Å². The number of ether oxygens (including phenoxy) is 1. The van der Waals surface area contributed by atoms with Crippen LogP contribution in [0.25, 0.3) is 0 Å². The van der Waals surface area contributed by atoms with Gasteiger partial charge in [0.05, 0.1) is 5.56 Å². The summed E-state index contributed by atoms with van der Waals surface area (Å²) in [5.41, 5.74) is 2.02. The average Bonchev–Trinajstić information content (AvgIpc) is 3.00. The summed E-state index contributed by atoms with van der Waals surface area (Å²) in [6.45, 7) is 1.20. The molecule has 3 rings (SSSR count). The molecule has 1 aromatic heterocycles. The average molecular weight is 437 g/mol. The predicted molar refractivity (Wildman–Crippen MR) is 112 cm³/mol. The predicted octanol–water partition coefficient (Wildman–Crippen LogP) is 3.82. The normalized spacial score (nSPS) is 15.4. The molecular formula is C20H21ClN2O5S. The van der Waals surface area contributed by atoms with Crippen LogP contribution in [0.2, 0.25) is 5.02 Å². The smallest absolute Gasteiger partial charge is 0.329 e. The maximum Gasteiger partial charge on any atom is 0.329 e. The SMILES string of the molecule is C[C@H]1CCc2c(sc(NC(=O)COCC(=O)O)c2C(=O)Nc2ccc(Cl)cc2)C1. The van der Waals surface area contributed by atoms with Crippen molar-refractivity contribution < 1.29 is 24.2 Å². The minimum atomic E-state index is -1.15. The molecule has 0 aliphatic heterocycles. The van der Waals surface area contributed by atoms with Crippen molar-refractivity contribution in [3.8, 4) is 0 Å². The number of thiophene rings is 1. The highest BCUT2D eigenvalue weighted by Gasteiger charge is 2.28. The van der Waals surface area contributed by atoms with Gasteiger partial charge in [-0.05, 0) is 55.0 Å². The number of benzene rings is 1. The second-order valence-electron chi connectivity index (χ2n) is 6.95. The number of carbonyl (C=O) groups excluding carboxylic acids is 2. The molecule has 7 nitrogen and oxygen atoms in total. The monoisotopic (exact) mass is 436 g/mol. The van der Waals surface area contributed by atoms with Crippen LogP contribution in [0.4, 0.5) is 10.7 Å². The first-order chi connectivity index (χ1) is 13.8. The summed E-state index contributed by atoms with van der Waals surface area (Å²) in [6, 6.07) is 6.78. The molecule has 0 unspecified atom stereocenters. The first-order valence-electron chi connectivity index (χ1n) is 9.14. The zero-order valence-corrected chi connectivity index (χ0v) is 17.4. The van der Waals surface area contributed by atoms with E-state index in [1.807, 2.05) is 0 Å². The molecule has 0 bridgehead atoms. The van der Waals surface area contributed by atoms with Gasteiger partial charge in [-0.15, -0.1) is 11.3 Å². The number of carbonyl (C=O) groups is 3. The van der Waals surface area contributed by atoms with Crippen molar-refractivity contribution in [2.45, 2.75) is 26.2 Å². The summed E-state index contributed by atoms with van der Waals surface area (Å²) in [6.07, 6.45) is 2.59. The molecule has 1 aromatic carbocycles. The molecule has 9 heteroatoms. The molecule has 1 heterocycles. The highest BCUT2D eigenvalue weighted by atomic mass is 35.5. The summed E-state index contributed by atoms with van der Waals surface area (Å²) in [7, 11) is 0. The minimum Gasteiger partial charge on any atom is -0.480 e. The molecular weight excluding hydrogens is 416 g/mol. The second-order valence-corrected chi connectivity index (χ2v) is 8.49. The summed E-state index contributed by atoms with van der Waals surface area (Å²) >= 11 is 7.28. The van der Waals surface area contributed by atoms with E-state index in [0.717, 1.165) is 29.7 Å². The molecule has 1 aliphatic rings. The van der Waals surface area contributed by atoms with Gasteiger partial charge in [-0.25, -0.2) is 4.79 Å². The molecule has 0 saturated heterocycles. The van der Waals surface area contributed by atoms with Gasteiger partial charge in [-0.1, -0.05) is 18.5 Å². The first kappa shape index (κ1) is 21.3. The summed E-state index contributed by atoms with van der Waals surface area (Å²) in [4.78, 5) is 36.8. The van der Waals surface area contributed by atoms with Crippen molar-refractivity contribution in [1.82, 2.24) is 0 Å². The van der Waals surface area contributed by atoms with Crippen molar-refractivity contribution in [1.29, 1.82) is 0 Å². The number of hydrogen-bond donors (Lipinski definition) is 3. The standard InChI is InChI=1S/C20H21ClN2O5S/c1-11-2-7-14-15(8-11)29-20(23-16(24)9-28-10-17(25)26)18(14)19(27)22-13-5-3-12(21)4-6-13/h3-6,11H,2,7-10H2,1H3,(H,22,27)(H,23,24)(H,25,26)/t11-/m0/s1. The molecule has 0 radical (unpaired) electrons. The number of fused-ring (bicyclic) bond motifs is 1. The van der Waals surface area contributed by atoms with Crippen LogP contribution in [0, 0.1) is 5.92 Å². The lowest BCUT2D eigenvalue weighted by molar-refractivity contribution is -0.143. The summed E-state index contributed by atoms with van der Waals surface area (Å²) < 4.78 is 4.84. The number of aliphatic carboxylic acids is 1. The zero-order valence-electron chi connectivity index (χ0n) is 15.8. The quantitative estimate of drug-likeness (QED) is 0.612. The Morgan fingerprint density at radius 3 is 2.62 bits per heavy atom. The van der Waals surface area contributed by atoms with Gasteiger partial charge >= 0.3 is 5.97 Å². The van der Waals surface area contributed by atoms with Crippen molar-refractivity contribution in [2.24, 2.45) is 5.92 Å². The van der Waals surface area contributed by atoms with Crippen LogP contribution in [0.5, 0.6) is 0 Å². The Balaban J connectivity index is 1.81. The Kier molecular flexibility index (Phi) is 6.89. The van der Waals surface area contributed by atoms with E-state index in [1.54, 1.807) is 24.3 Å². The van der Waals surface area contributed by atoms with Crippen LogP contribution in [-0.4, -0.2) is 36.1 Å². The molecule has 0 fully saturated rings. The van der Waals surface area contributed by atoms with Gasteiger partial charge in [0, 0.05) is 15.6 Å². The number of amides is 2. The zero-order chi connectivity index (χ0) is 21.0. The van der Waals surface area contributed by atoms with E-state index in [1.165, 1.54) is 11.3 Å². The Labute approximate surface area is 177 Å². The fraction of sp³-hybridized carbons (Fsp3) is 0.350. The fourth-order valence-corrected chi connectivity index (χ4v) is 4.75.